The molecule has 138 valence electrons. The second-order valence-electron chi connectivity index (χ2n) is 5.46. The lowest BCUT2D eigenvalue weighted by atomic mass is 10.3. The van der Waals surface area contributed by atoms with Crippen LogP contribution in [0.25, 0.3) is 0 Å². The molecule has 1 aromatic heterocycles. The summed E-state index contributed by atoms with van der Waals surface area (Å²) in [5, 5.41) is 10.9. The number of aromatic nitrogens is 2. The molecule has 0 saturated heterocycles. The third-order valence-corrected chi connectivity index (χ3v) is 4.40. The Morgan fingerprint density at radius 2 is 2.04 bits per heavy atom. The van der Waals surface area contributed by atoms with Gasteiger partial charge in [0.2, 0.25) is 5.89 Å². The third-order valence-electron chi connectivity index (χ3n) is 3.29. The lowest BCUT2D eigenvalue weighted by Gasteiger charge is -2.15. The van der Waals surface area contributed by atoms with E-state index >= 15 is 0 Å². The first-order valence-electron chi connectivity index (χ1n) is 8.13. The Morgan fingerprint density at radius 1 is 1.28 bits per heavy atom. The van der Waals surface area contributed by atoms with Gasteiger partial charge in [0.25, 0.3) is 0 Å². The van der Waals surface area contributed by atoms with Gasteiger partial charge < -0.3 is 15.2 Å². The van der Waals surface area contributed by atoms with Crippen LogP contribution in [0.15, 0.2) is 44.7 Å². The quantitative estimate of drug-likeness (QED) is 0.201. The molecular formula is C17H26IN5OS. The van der Waals surface area contributed by atoms with Gasteiger partial charge in [0, 0.05) is 36.7 Å². The number of rotatable bonds is 8. The minimum absolute atomic E-state index is 0. The van der Waals surface area contributed by atoms with Gasteiger partial charge in [-0.1, -0.05) is 30.3 Å². The number of nitrogens with zero attached hydrogens (tertiary/aromatic N) is 3. The van der Waals surface area contributed by atoms with Gasteiger partial charge in [-0.2, -0.15) is 4.98 Å². The van der Waals surface area contributed by atoms with Gasteiger partial charge in [0.05, 0.1) is 0 Å². The molecule has 1 atom stereocenters. The molecule has 2 rings (SSSR count). The van der Waals surface area contributed by atoms with Gasteiger partial charge in [0.1, 0.15) is 0 Å². The number of aryl methyl sites for hydroxylation is 2. The number of thioether (sulfide) groups is 1. The number of aliphatic imine (C=N–C) groups is 1. The van der Waals surface area contributed by atoms with E-state index in [1.165, 1.54) is 4.90 Å². The average molecular weight is 475 g/mol. The average Bonchev–Trinajstić information content (AvgIpc) is 3.00. The summed E-state index contributed by atoms with van der Waals surface area (Å²) < 4.78 is 5.10. The van der Waals surface area contributed by atoms with E-state index in [0.29, 0.717) is 17.0 Å². The Morgan fingerprint density at radius 3 is 2.68 bits per heavy atom. The lowest BCUT2D eigenvalue weighted by molar-refractivity contribution is 0.372. The molecule has 1 heterocycles. The van der Waals surface area contributed by atoms with Gasteiger partial charge in [0.15, 0.2) is 11.8 Å². The number of benzene rings is 1. The zero-order valence-corrected chi connectivity index (χ0v) is 18.0. The second-order valence-corrected chi connectivity index (χ2v) is 6.97. The summed E-state index contributed by atoms with van der Waals surface area (Å²) in [5.41, 5.74) is 0. The largest absolute Gasteiger partial charge is 0.356 e. The van der Waals surface area contributed by atoms with Crippen LogP contribution in [-0.4, -0.2) is 41.5 Å². The molecule has 0 aliphatic rings. The number of guanidine groups is 1. The first-order valence-corrected chi connectivity index (χ1v) is 9.00. The first kappa shape index (κ1) is 21.8. The summed E-state index contributed by atoms with van der Waals surface area (Å²) in [6.45, 7) is 5.69. The molecule has 8 heteroatoms. The van der Waals surface area contributed by atoms with Gasteiger partial charge in [-0.05, 0) is 25.5 Å². The Hall–Kier alpha value is -1.29. The highest BCUT2D eigenvalue weighted by Gasteiger charge is 2.06. The summed E-state index contributed by atoms with van der Waals surface area (Å²) in [4.78, 5) is 9.72. The van der Waals surface area contributed by atoms with Crippen molar-refractivity contribution in [2.24, 2.45) is 4.99 Å². The van der Waals surface area contributed by atoms with Gasteiger partial charge in [-0.3, -0.25) is 4.99 Å². The zero-order valence-electron chi connectivity index (χ0n) is 14.9. The molecule has 0 spiro atoms. The van der Waals surface area contributed by atoms with Gasteiger partial charge in [-0.15, -0.1) is 35.7 Å². The molecule has 0 fully saturated rings. The van der Waals surface area contributed by atoms with Crippen molar-refractivity contribution in [3.63, 3.8) is 0 Å². The van der Waals surface area contributed by atoms with E-state index in [2.05, 4.69) is 57.0 Å². The van der Waals surface area contributed by atoms with E-state index in [0.717, 1.165) is 31.9 Å². The fourth-order valence-corrected chi connectivity index (χ4v) is 3.07. The smallest absolute Gasteiger partial charge is 0.226 e. The van der Waals surface area contributed by atoms with E-state index in [-0.39, 0.29) is 24.0 Å². The van der Waals surface area contributed by atoms with Crippen LogP contribution in [-0.2, 0) is 6.42 Å². The minimum Gasteiger partial charge on any atom is -0.356 e. The lowest BCUT2D eigenvalue weighted by Crippen LogP contribution is -2.40. The van der Waals surface area contributed by atoms with Crippen LogP contribution in [0.4, 0.5) is 0 Å². The van der Waals surface area contributed by atoms with Crippen molar-refractivity contribution in [3.8, 4) is 0 Å². The van der Waals surface area contributed by atoms with Crippen LogP contribution in [0.1, 0.15) is 25.1 Å². The molecule has 0 bridgehead atoms. The maximum absolute atomic E-state index is 5.10. The van der Waals surface area contributed by atoms with Crippen LogP contribution >= 0.6 is 35.7 Å². The molecular weight excluding hydrogens is 449 g/mol. The number of halogens is 1. The van der Waals surface area contributed by atoms with Crippen molar-refractivity contribution < 1.29 is 4.52 Å². The van der Waals surface area contributed by atoms with Crippen molar-refractivity contribution in [2.75, 3.05) is 20.1 Å². The molecule has 25 heavy (non-hydrogen) atoms. The molecule has 0 amide bonds. The summed E-state index contributed by atoms with van der Waals surface area (Å²) in [5.74, 6) is 2.18. The molecule has 2 N–H and O–H groups in total. The fourth-order valence-electron chi connectivity index (χ4n) is 2.12. The van der Waals surface area contributed by atoms with E-state index in [4.69, 9.17) is 4.52 Å². The molecule has 0 aliphatic heterocycles. The predicted octanol–water partition coefficient (Wildman–Crippen LogP) is 3.27. The Bertz CT molecular complexity index is 635. The number of nitrogens with one attached hydrogen (secondary N) is 2. The molecule has 1 unspecified atom stereocenters. The highest BCUT2D eigenvalue weighted by molar-refractivity contribution is 14.0. The maximum atomic E-state index is 5.10. The summed E-state index contributed by atoms with van der Waals surface area (Å²) in [6, 6.07) is 10.4. The summed E-state index contributed by atoms with van der Waals surface area (Å²) >= 11 is 1.85. The van der Waals surface area contributed by atoms with E-state index in [1.54, 1.807) is 7.05 Å². The number of hydrogen-bond acceptors (Lipinski definition) is 5. The summed E-state index contributed by atoms with van der Waals surface area (Å²) in [7, 11) is 1.78. The molecule has 0 aliphatic carbocycles. The van der Waals surface area contributed by atoms with Crippen LogP contribution < -0.4 is 10.6 Å². The molecule has 0 saturated carbocycles. The topological polar surface area (TPSA) is 75.3 Å². The second kappa shape index (κ2) is 12.1. The van der Waals surface area contributed by atoms with Crippen LogP contribution in [0.3, 0.4) is 0 Å². The molecule has 1 aromatic carbocycles. The van der Waals surface area contributed by atoms with Crippen LogP contribution in [0.5, 0.6) is 0 Å². The third kappa shape index (κ3) is 8.57. The summed E-state index contributed by atoms with van der Waals surface area (Å²) in [6.07, 6.45) is 1.68. The molecule has 6 nitrogen and oxygen atoms in total. The Labute approximate surface area is 170 Å². The van der Waals surface area contributed by atoms with Crippen molar-refractivity contribution in [1.29, 1.82) is 0 Å². The maximum Gasteiger partial charge on any atom is 0.226 e. The SMILES string of the molecule is CN=C(NCCCc1nc(C)no1)NCC(C)Sc1ccccc1.I. The van der Waals surface area contributed by atoms with Crippen molar-refractivity contribution in [3.05, 3.63) is 42.0 Å². The minimum atomic E-state index is 0. The van der Waals surface area contributed by atoms with Gasteiger partial charge >= 0.3 is 0 Å². The highest BCUT2D eigenvalue weighted by atomic mass is 127. The zero-order chi connectivity index (χ0) is 17.2. The van der Waals surface area contributed by atoms with Crippen molar-refractivity contribution >= 4 is 41.7 Å². The van der Waals surface area contributed by atoms with Crippen molar-refractivity contribution in [2.45, 2.75) is 36.8 Å². The Balaban J connectivity index is 0.00000312. The number of hydrogen-bond donors (Lipinski definition) is 2. The first-order chi connectivity index (χ1) is 11.7. The normalized spacial score (nSPS) is 12.4. The predicted molar refractivity (Wildman–Crippen MR) is 114 cm³/mol. The van der Waals surface area contributed by atoms with E-state index in [1.807, 2.05) is 24.8 Å². The highest BCUT2D eigenvalue weighted by Crippen LogP contribution is 2.21. The van der Waals surface area contributed by atoms with E-state index in [9.17, 15) is 0 Å². The molecule has 2 aromatic rings. The van der Waals surface area contributed by atoms with Crippen LogP contribution in [0.2, 0.25) is 0 Å². The van der Waals surface area contributed by atoms with E-state index < -0.39 is 0 Å². The van der Waals surface area contributed by atoms with Crippen LogP contribution in [0, 0.1) is 6.92 Å². The molecule has 0 radical (unpaired) electrons. The monoisotopic (exact) mass is 475 g/mol. The standard InChI is InChI=1S/C17H25N5OS.HI/c1-13(24-15-8-5-4-6-9-15)12-20-17(18-3)19-11-7-10-16-21-14(2)22-23-16;/h4-6,8-9,13H,7,10-12H2,1-3H3,(H2,18,19,20);1H. The Kier molecular flexibility index (Phi) is 10.6. The van der Waals surface area contributed by atoms with Crippen molar-refractivity contribution in [1.82, 2.24) is 20.8 Å². The fraction of sp³-hybridized carbons (Fsp3) is 0.471. The van der Waals surface area contributed by atoms with Gasteiger partial charge in [-0.25, -0.2) is 0 Å².